The van der Waals surface area contributed by atoms with Crippen LogP contribution in [0.2, 0.25) is 0 Å². The fraction of sp³-hybridized carbons (Fsp3) is 0.160. The molecule has 0 radical (unpaired) electrons. The Hall–Kier alpha value is -3.85. The summed E-state index contributed by atoms with van der Waals surface area (Å²) in [6.07, 6.45) is 0.0282. The van der Waals surface area contributed by atoms with Crippen molar-refractivity contribution in [3.05, 3.63) is 84.2 Å². The highest BCUT2D eigenvalue weighted by molar-refractivity contribution is 8.15. The van der Waals surface area contributed by atoms with Gasteiger partial charge in [0.1, 0.15) is 11.1 Å². The molecule has 5 rings (SSSR count). The van der Waals surface area contributed by atoms with Crippen LogP contribution in [0.3, 0.4) is 0 Å². The van der Waals surface area contributed by atoms with Crippen LogP contribution in [0.25, 0.3) is 0 Å². The lowest BCUT2D eigenvalue weighted by Crippen LogP contribution is -2.31. The summed E-state index contributed by atoms with van der Waals surface area (Å²) in [5.41, 5.74) is 2.08. The number of hydrogen-bond acceptors (Lipinski definition) is 6. The van der Waals surface area contributed by atoms with Crippen molar-refractivity contribution in [3.8, 4) is 11.5 Å². The topological polar surface area (TPSA) is 80.2 Å². The van der Waals surface area contributed by atoms with Crippen LogP contribution >= 0.6 is 11.8 Å². The number of carbonyl (C=O) groups excluding carboxylic acids is 2. The highest BCUT2D eigenvalue weighted by Crippen LogP contribution is 2.34. The highest BCUT2D eigenvalue weighted by atomic mass is 32.2. The van der Waals surface area contributed by atoms with Gasteiger partial charge in [-0.15, -0.1) is 0 Å². The van der Waals surface area contributed by atoms with E-state index in [0.29, 0.717) is 28.9 Å². The Morgan fingerprint density at radius 3 is 2.59 bits per heavy atom. The zero-order valence-electron chi connectivity index (χ0n) is 17.9. The number of carbonyl (C=O) groups is 2. The Morgan fingerprint density at radius 1 is 1.03 bits per heavy atom. The molecule has 0 spiro atoms. The first-order valence-electron chi connectivity index (χ1n) is 10.6. The number of para-hydroxylation sites is 1. The molecule has 2 aliphatic rings. The zero-order chi connectivity index (χ0) is 23.5. The van der Waals surface area contributed by atoms with Gasteiger partial charge in [-0.25, -0.2) is 9.29 Å². The van der Waals surface area contributed by atoms with Gasteiger partial charge in [0.15, 0.2) is 16.7 Å². The average molecular weight is 478 g/mol. The number of rotatable bonds is 5. The lowest BCUT2D eigenvalue weighted by Gasteiger charge is -2.16. The average Bonchev–Trinajstić information content (AvgIpc) is 3.42. The second-order valence-corrected chi connectivity index (χ2v) is 8.85. The Balaban J connectivity index is 1.36. The molecule has 0 aromatic heterocycles. The Kier molecular flexibility index (Phi) is 6.18. The predicted octanol–water partition coefficient (Wildman–Crippen LogP) is 4.59. The third-order valence-corrected chi connectivity index (χ3v) is 6.42. The number of amides is 2. The number of nitrogens with zero attached hydrogens (tertiary/aromatic N) is 2. The van der Waals surface area contributed by atoms with E-state index in [2.05, 4.69) is 10.3 Å². The van der Waals surface area contributed by atoms with Gasteiger partial charge in [0.2, 0.25) is 18.6 Å². The number of thioether (sulfide) groups is 1. The maximum absolute atomic E-state index is 13.3. The number of aliphatic imine (C=N–C) groups is 1. The molecule has 1 saturated heterocycles. The molecule has 0 aliphatic carbocycles. The van der Waals surface area contributed by atoms with Crippen molar-refractivity contribution in [1.82, 2.24) is 0 Å². The van der Waals surface area contributed by atoms with Crippen molar-refractivity contribution < 1.29 is 23.5 Å². The lowest BCUT2D eigenvalue weighted by atomic mass is 10.2. The van der Waals surface area contributed by atoms with Crippen LogP contribution < -0.4 is 19.7 Å². The Labute approximate surface area is 199 Å². The van der Waals surface area contributed by atoms with E-state index in [4.69, 9.17) is 9.47 Å². The first kappa shape index (κ1) is 22.0. The molecule has 0 bridgehead atoms. The number of fused-ring (bicyclic) bond motifs is 1. The maximum atomic E-state index is 13.3. The van der Waals surface area contributed by atoms with E-state index in [1.54, 1.807) is 0 Å². The molecule has 3 aromatic rings. The quantitative estimate of drug-likeness (QED) is 0.329. The van der Waals surface area contributed by atoms with Gasteiger partial charge in [-0.05, 0) is 54.1 Å². The standard InChI is InChI=1S/C25H20FN3O4S/c26-17-7-9-19(10-8-17)29-23(30)13-22(24(29)31)34-25(28-18-4-2-1-3-5-18)27-14-16-6-11-20-21(12-16)33-15-32-20/h1-12,22H,13-15H2,(H,27,28)/t22-/m1/s1. The van der Waals surface area contributed by atoms with E-state index in [-0.39, 0.29) is 25.0 Å². The molecule has 2 amide bonds. The van der Waals surface area contributed by atoms with Crippen molar-refractivity contribution in [1.29, 1.82) is 0 Å². The molecule has 1 N–H and O–H groups in total. The molecular formula is C25H20FN3O4S. The van der Waals surface area contributed by atoms with Gasteiger partial charge in [0.05, 0.1) is 12.2 Å². The van der Waals surface area contributed by atoms with Crippen LogP contribution in [0.15, 0.2) is 77.8 Å². The number of anilines is 2. The molecule has 0 saturated carbocycles. The second-order valence-electron chi connectivity index (χ2n) is 7.65. The molecule has 172 valence electrons. The summed E-state index contributed by atoms with van der Waals surface area (Å²) in [4.78, 5) is 31.5. The SMILES string of the molecule is O=C1C[C@@H](SC(=NCc2ccc3c(c2)OCO3)Nc2ccccc2)C(=O)N1c1ccc(F)cc1. The summed E-state index contributed by atoms with van der Waals surface area (Å²) in [6.45, 7) is 0.538. The van der Waals surface area contributed by atoms with Crippen molar-refractivity contribution in [2.24, 2.45) is 4.99 Å². The molecule has 34 heavy (non-hydrogen) atoms. The van der Waals surface area contributed by atoms with E-state index in [9.17, 15) is 14.0 Å². The number of nitrogens with one attached hydrogen (secondary N) is 1. The van der Waals surface area contributed by atoms with Gasteiger partial charge < -0.3 is 14.8 Å². The second kappa shape index (κ2) is 9.56. The van der Waals surface area contributed by atoms with Crippen LogP contribution in [-0.4, -0.2) is 29.0 Å². The zero-order valence-corrected chi connectivity index (χ0v) is 18.8. The van der Waals surface area contributed by atoms with E-state index < -0.39 is 11.1 Å². The number of ether oxygens (including phenoxy) is 2. The summed E-state index contributed by atoms with van der Waals surface area (Å²) in [6, 6.07) is 20.4. The minimum absolute atomic E-state index is 0.0282. The summed E-state index contributed by atoms with van der Waals surface area (Å²) in [7, 11) is 0. The van der Waals surface area contributed by atoms with Gasteiger partial charge >= 0.3 is 0 Å². The molecule has 0 unspecified atom stereocenters. The van der Waals surface area contributed by atoms with Gasteiger partial charge in [0.25, 0.3) is 0 Å². The molecule has 2 aliphatic heterocycles. The van der Waals surface area contributed by atoms with Crippen LogP contribution in [0.1, 0.15) is 12.0 Å². The normalized spacial score (nSPS) is 17.4. The third kappa shape index (κ3) is 4.74. The van der Waals surface area contributed by atoms with Crippen molar-refractivity contribution in [2.45, 2.75) is 18.2 Å². The number of hydrogen-bond donors (Lipinski definition) is 1. The largest absolute Gasteiger partial charge is 0.454 e. The lowest BCUT2D eigenvalue weighted by molar-refractivity contribution is -0.121. The van der Waals surface area contributed by atoms with Gasteiger partial charge in [0, 0.05) is 12.1 Å². The molecule has 9 heteroatoms. The molecule has 7 nitrogen and oxygen atoms in total. The molecule has 1 atom stereocenters. The summed E-state index contributed by atoms with van der Waals surface area (Å²) >= 11 is 1.20. The third-order valence-electron chi connectivity index (χ3n) is 5.31. The number of imide groups is 1. The summed E-state index contributed by atoms with van der Waals surface area (Å²) in [5, 5.41) is 3.11. The van der Waals surface area contributed by atoms with Gasteiger partial charge in [-0.1, -0.05) is 36.0 Å². The smallest absolute Gasteiger partial charge is 0.247 e. The van der Waals surface area contributed by atoms with Crippen LogP contribution in [0, 0.1) is 5.82 Å². The van der Waals surface area contributed by atoms with E-state index in [1.807, 2.05) is 48.5 Å². The van der Waals surface area contributed by atoms with Crippen LogP contribution in [0.4, 0.5) is 15.8 Å². The Bertz CT molecular complexity index is 1250. The number of halogens is 1. The highest BCUT2D eigenvalue weighted by Gasteiger charge is 2.40. The van der Waals surface area contributed by atoms with Gasteiger partial charge in [-0.2, -0.15) is 0 Å². The van der Waals surface area contributed by atoms with E-state index in [0.717, 1.165) is 16.2 Å². The van der Waals surface area contributed by atoms with E-state index >= 15 is 0 Å². The molecule has 2 heterocycles. The fourth-order valence-electron chi connectivity index (χ4n) is 3.65. The fourth-order valence-corrected chi connectivity index (χ4v) is 4.66. The van der Waals surface area contributed by atoms with Crippen molar-refractivity contribution >= 4 is 40.1 Å². The summed E-state index contributed by atoms with van der Waals surface area (Å²) in [5.74, 6) is 0.250. The number of amidine groups is 1. The Morgan fingerprint density at radius 2 is 1.79 bits per heavy atom. The summed E-state index contributed by atoms with van der Waals surface area (Å²) < 4.78 is 24.1. The molecular weight excluding hydrogens is 457 g/mol. The van der Waals surface area contributed by atoms with Crippen molar-refractivity contribution in [3.63, 3.8) is 0 Å². The number of benzene rings is 3. The van der Waals surface area contributed by atoms with Crippen molar-refractivity contribution in [2.75, 3.05) is 17.0 Å². The molecule has 1 fully saturated rings. The van der Waals surface area contributed by atoms with Crippen LogP contribution in [-0.2, 0) is 16.1 Å². The maximum Gasteiger partial charge on any atom is 0.247 e. The van der Waals surface area contributed by atoms with E-state index in [1.165, 1.54) is 36.0 Å². The van der Waals surface area contributed by atoms with Gasteiger partial charge in [-0.3, -0.25) is 14.6 Å². The predicted molar refractivity (Wildman–Crippen MR) is 129 cm³/mol. The monoisotopic (exact) mass is 477 g/mol. The molecule has 3 aromatic carbocycles. The van der Waals surface area contributed by atoms with Crippen LogP contribution in [0.5, 0.6) is 11.5 Å². The first-order valence-corrected chi connectivity index (χ1v) is 11.5. The minimum atomic E-state index is -0.649. The first-order chi connectivity index (χ1) is 16.6. The minimum Gasteiger partial charge on any atom is -0.454 e.